The average Bonchev–Trinajstić information content (AvgIpc) is 2.29. The molecule has 84 valence electrons. The lowest BCUT2D eigenvalue weighted by Gasteiger charge is -2.11. The summed E-state index contributed by atoms with van der Waals surface area (Å²) in [6.07, 6.45) is 0. The van der Waals surface area contributed by atoms with Crippen molar-refractivity contribution in [3.63, 3.8) is 0 Å². The summed E-state index contributed by atoms with van der Waals surface area (Å²) >= 11 is 0. The van der Waals surface area contributed by atoms with Crippen LogP contribution in [-0.4, -0.2) is 32.0 Å². The molecule has 15 heavy (non-hydrogen) atoms. The van der Waals surface area contributed by atoms with E-state index in [1.165, 1.54) is 0 Å². The summed E-state index contributed by atoms with van der Waals surface area (Å²) < 4.78 is 10.3. The quantitative estimate of drug-likeness (QED) is 0.680. The Bertz CT molecular complexity index is 291. The van der Waals surface area contributed by atoms with Gasteiger partial charge < -0.3 is 20.3 Å². The fourth-order valence-electron chi connectivity index (χ4n) is 1.18. The fraction of sp³-hybridized carbons (Fsp3) is 0.455. The monoisotopic (exact) mass is 211 g/mol. The van der Waals surface area contributed by atoms with Gasteiger partial charge in [-0.3, -0.25) is 0 Å². The summed E-state index contributed by atoms with van der Waals surface area (Å²) in [6, 6.07) is 7.05. The standard InChI is InChI=1S/C11H17NO3/c1-14-5-6-15-10-4-2-3-9(7-10)11(12)8-13/h2-4,7,11,13H,5-6,8,12H2,1H3/t11-/m1/s1. The van der Waals surface area contributed by atoms with Gasteiger partial charge in [-0.15, -0.1) is 0 Å². The second kappa shape index (κ2) is 6.40. The van der Waals surface area contributed by atoms with E-state index in [1.807, 2.05) is 24.3 Å². The second-order valence-electron chi connectivity index (χ2n) is 3.20. The summed E-state index contributed by atoms with van der Waals surface area (Å²) in [6.45, 7) is 0.992. The number of aliphatic hydroxyl groups is 1. The van der Waals surface area contributed by atoms with Crippen molar-refractivity contribution in [3.8, 4) is 5.75 Å². The topological polar surface area (TPSA) is 64.7 Å². The Labute approximate surface area is 89.6 Å². The van der Waals surface area contributed by atoms with Crippen molar-refractivity contribution < 1.29 is 14.6 Å². The SMILES string of the molecule is COCCOc1cccc([C@H](N)CO)c1. The molecule has 1 aromatic carbocycles. The molecule has 0 saturated heterocycles. The Morgan fingerprint density at radius 2 is 2.20 bits per heavy atom. The van der Waals surface area contributed by atoms with Crippen LogP contribution >= 0.6 is 0 Å². The van der Waals surface area contributed by atoms with Gasteiger partial charge in [-0.05, 0) is 17.7 Å². The number of benzene rings is 1. The van der Waals surface area contributed by atoms with E-state index in [2.05, 4.69) is 0 Å². The largest absolute Gasteiger partial charge is 0.491 e. The molecule has 0 spiro atoms. The van der Waals surface area contributed by atoms with Crippen molar-refractivity contribution in [3.05, 3.63) is 29.8 Å². The van der Waals surface area contributed by atoms with E-state index in [0.29, 0.717) is 13.2 Å². The van der Waals surface area contributed by atoms with Gasteiger partial charge in [0.1, 0.15) is 12.4 Å². The highest BCUT2D eigenvalue weighted by Crippen LogP contribution is 2.17. The molecule has 1 atom stereocenters. The zero-order chi connectivity index (χ0) is 11.1. The van der Waals surface area contributed by atoms with Crippen LogP contribution in [0.5, 0.6) is 5.75 Å². The molecule has 0 aliphatic heterocycles. The Balaban J connectivity index is 2.57. The van der Waals surface area contributed by atoms with Crippen LogP contribution in [0.25, 0.3) is 0 Å². The van der Waals surface area contributed by atoms with Crippen LogP contribution in [0.15, 0.2) is 24.3 Å². The molecule has 0 aliphatic rings. The van der Waals surface area contributed by atoms with Crippen LogP contribution in [0, 0.1) is 0 Å². The van der Waals surface area contributed by atoms with E-state index < -0.39 is 0 Å². The van der Waals surface area contributed by atoms with E-state index in [0.717, 1.165) is 11.3 Å². The predicted octanol–water partition coefficient (Wildman–Crippen LogP) is 0.704. The predicted molar refractivity (Wildman–Crippen MR) is 57.8 cm³/mol. The van der Waals surface area contributed by atoms with Gasteiger partial charge in [-0.2, -0.15) is 0 Å². The van der Waals surface area contributed by atoms with Crippen molar-refractivity contribution in [2.45, 2.75) is 6.04 Å². The van der Waals surface area contributed by atoms with Crippen LogP contribution in [0.2, 0.25) is 0 Å². The molecule has 0 saturated carbocycles. The Morgan fingerprint density at radius 1 is 1.40 bits per heavy atom. The van der Waals surface area contributed by atoms with Gasteiger partial charge in [0, 0.05) is 7.11 Å². The number of hydrogen-bond acceptors (Lipinski definition) is 4. The first-order valence-electron chi connectivity index (χ1n) is 4.86. The van der Waals surface area contributed by atoms with E-state index in [4.69, 9.17) is 20.3 Å². The van der Waals surface area contributed by atoms with Gasteiger partial charge in [0.15, 0.2) is 0 Å². The van der Waals surface area contributed by atoms with E-state index >= 15 is 0 Å². The molecular formula is C11H17NO3. The molecule has 0 heterocycles. The van der Waals surface area contributed by atoms with Gasteiger partial charge in [-0.25, -0.2) is 0 Å². The Kier molecular flexibility index (Phi) is 5.10. The molecule has 1 rings (SSSR count). The fourth-order valence-corrected chi connectivity index (χ4v) is 1.18. The summed E-state index contributed by atoms with van der Waals surface area (Å²) in [4.78, 5) is 0. The number of nitrogens with two attached hydrogens (primary N) is 1. The first kappa shape index (κ1) is 12.0. The van der Waals surface area contributed by atoms with E-state index in [1.54, 1.807) is 7.11 Å². The second-order valence-corrected chi connectivity index (χ2v) is 3.20. The number of hydrogen-bond donors (Lipinski definition) is 2. The van der Waals surface area contributed by atoms with Crippen LogP contribution in [-0.2, 0) is 4.74 Å². The highest BCUT2D eigenvalue weighted by atomic mass is 16.5. The Hall–Kier alpha value is -1.10. The summed E-state index contributed by atoms with van der Waals surface area (Å²) in [5, 5.41) is 8.91. The lowest BCUT2D eigenvalue weighted by atomic mass is 10.1. The molecule has 0 amide bonds. The molecule has 4 nitrogen and oxygen atoms in total. The minimum absolute atomic E-state index is 0.0679. The normalized spacial score (nSPS) is 12.5. The van der Waals surface area contributed by atoms with Crippen LogP contribution < -0.4 is 10.5 Å². The van der Waals surface area contributed by atoms with Crippen molar-refractivity contribution in [2.75, 3.05) is 26.9 Å². The van der Waals surface area contributed by atoms with Gasteiger partial charge in [0.2, 0.25) is 0 Å². The maximum absolute atomic E-state index is 8.91. The van der Waals surface area contributed by atoms with Crippen molar-refractivity contribution in [2.24, 2.45) is 5.73 Å². The van der Waals surface area contributed by atoms with Gasteiger partial charge in [0.05, 0.1) is 19.3 Å². The lowest BCUT2D eigenvalue weighted by molar-refractivity contribution is 0.146. The smallest absolute Gasteiger partial charge is 0.119 e. The van der Waals surface area contributed by atoms with Gasteiger partial charge in [-0.1, -0.05) is 12.1 Å². The Morgan fingerprint density at radius 3 is 2.87 bits per heavy atom. The molecule has 3 N–H and O–H groups in total. The number of methoxy groups -OCH3 is 1. The molecule has 0 fully saturated rings. The summed E-state index contributed by atoms with van der Waals surface area (Å²) in [7, 11) is 1.63. The van der Waals surface area contributed by atoms with E-state index in [9.17, 15) is 0 Å². The molecule has 0 aromatic heterocycles. The maximum Gasteiger partial charge on any atom is 0.119 e. The summed E-state index contributed by atoms with van der Waals surface area (Å²) in [5.41, 5.74) is 6.56. The maximum atomic E-state index is 8.91. The number of rotatable bonds is 6. The first-order chi connectivity index (χ1) is 7.27. The first-order valence-corrected chi connectivity index (χ1v) is 4.86. The zero-order valence-electron chi connectivity index (χ0n) is 8.85. The third kappa shape index (κ3) is 3.87. The minimum atomic E-state index is -0.351. The third-order valence-electron chi connectivity index (χ3n) is 2.04. The highest BCUT2D eigenvalue weighted by molar-refractivity contribution is 5.30. The average molecular weight is 211 g/mol. The molecule has 0 aliphatic carbocycles. The molecule has 4 heteroatoms. The van der Waals surface area contributed by atoms with Crippen LogP contribution in [0.3, 0.4) is 0 Å². The van der Waals surface area contributed by atoms with Gasteiger partial charge >= 0.3 is 0 Å². The minimum Gasteiger partial charge on any atom is -0.491 e. The molecule has 0 bridgehead atoms. The van der Waals surface area contributed by atoms with E-state index in [-0.39, 0.29) is 12.6 Å². The van der Waals surface area contributed by atoms with Crippen LogP contribution in [0.1, 0.15) is 11.6 Å². The van der Waals surface area contributed by atoms with Gasteiger partial charge in [0.25, 0.3) is 0 Å². The molecular weight excluding hydrogens is 194 g/mol. The highest BCUT2D eigenvalue weighted by Gasteiger charge is 2.04. The number of aliphatic hydroxyl groups excluding tert-OH is 1. The molecule has 0 unspecified atom stereocenters. The summed E-state index contributed by atoms with van der Waals surface area (Å²) in [5.74, 6) is 0.744. The van der Waals surface area contributed by atoms with Crippen molar-refractivity contribution in [1.82, 2.24) is 0 Å². The molecule has 0 radical (unpaired) electrons. The lowest BCUT2D eigenvalue weighted by Crippen LogP contribution is -2.14. The number of ether oxygens (including phenoxy) is 2. The zero-order valence-corrected chi connectivity index (χ0v) is 8.85. The molecule has 1 aromatic rings. The van der Waals surface area contributed by atoms with Crippen molar-refractivity contribution in [1.29, 1.82) is 0 Å². The van der Waals surface area contributed by atoms with Crippen molar-refractivity contribution >= 4 is 0 Å². The third-order valence-corrected chi connectivity index (χ3v) is 2.04. The van der Waals surface area contributed by atoms with Crippen LogP contribution in [0.4, 0.5) is 0 Å².